The molecule has 1 unspecified atom stereocenters. The summed E-state index contributed by atoms with van der Waals surface area (Å²) < 4.78 is 22.0. The summed E-state index contributed by atoms with van der Waals surface area (Å²) in [6.07, 6.45) is 10.1. The highest BCUT2D eigenvalue weighted by Crippen LogP contribution is 2.21. The Balaban J connectivity index is 1.84. The first kappa shape index (κ1) is 13.0. The van der Waals surface area contributed by atoms with E-state index < -0.39 is 0 Å². The van der Waals surface area contributed by atoms with Gasteiger partial charge in [-0.15, -0.1) is 6.58 Å². The van der Waals surface area contributed by atoms with Gasteiger partial charge in [-0.1, -0.05) is 18.9 Å². The molecule has 2 aliphatic heterocycles. The van der Waals surface area contributed by atoms with Gasteiger partial charge in [0.2, 0.25) is 0 Å². The number of allylic oxidation sites excluding steroid dienone is 1. The first-order chi connectivity index (χ1) is 8.90. The van der Waals surface area contributed by atoms with E-state index in [1.165, 1.54) is 25.4 Å². The third-order valence-corrected chi connectivity index (χ3v) is 2.92. The van der Waals surface area contributed by atoms with Crippen molar-refractivity contribution in [1.29, 1.82) is 0 Å². The van der Waals surface area contributed by atoms with Crippen LogP contribution in [-0.2, 0) is 18.9 Å². The Bertz CT molecular complexity index is 321. The molecule has 2 heterocycles. The lowest BCUT2D eigenvalue weighted by molar-refractivity contribution is -0.0314. The molecular weight excluding hydrogens is 232 g/mol. The van der Waals surface area contributed by atoms with Crippen LogP contribution in [0.2, 0.25) is 0 Å². The summed E-state index contributed by atoms with van der Waals surface area (Å²) in [5.41, 5.74) is 0. The zero-order valence-corrected chi connectivity index (χ0v) is 10.6. The van der Waals surface area contributed by atoms with Gasteiger partial charge >= 0.3 is 5.95 Å². The van der Waals surface area contributed by atoms with Crippen molar-refractivity contribution in [3.8, 4) is 0 Å². The first-order valence-electron chi connectivity index (χ1n) is 6.47. The van der Waals surface area contributed by atoms with Crippen LogP contribution >= 0.6 is 0 Å². The predicted molar refractivity (Wildman–Crippen MR) is 67.3 cm³/mol. The van der Waals surface area contributed by atoms with Crippen molar-refractivity contribution in [3.05, 3.63) is 36.9 Å². The van der Waals surface area contributed by atoms with Crippen molar-refractivity contribution in [2.24, 2.45) is 0 Å². The van der Waals surface area contributed by atoms with E-state index >= 15 is 0 Å². The van der Waals surface area contributed by atoms with Gasteiger partial charge in [-0.3, -0.25) is 0 Å². The first-order valence-corrected chi connectivity index (χ1v) is 6.47. The summed E-state index contributed by atoms with van der Waals surface area (Å²) in [5.74, 6) is 1.08. The molecule has 2 rings (SSSR count). The van der Waals surface area contributed by atoms with Gasteiger partial charge in [0.15, 0.2) is 5.76 Å². The summed E-state index contributed by atoms with van der Waals surface area (Å²) in [5, 5.41) is 0. The molecule has 0 aromatic heterocycles. The van der Waals surface area contributed by atoms with Gasteiger partial charge in [-0.25, -0.2) is 0 Å². The fourth-order valence-electron chi connectivity index (χ4n) is 1.97. The number of ether oxygens (including phenoxy) is 4. The van der Waals surface area contributed by atoms with Crippen LogP contribution in [0.25, 0.3) is 0 Å². The Morgan fingerprint density at radius 2 is 2.17 bits per heavy atom. The Hall–Kier alpha value is -1.42. The van der Waals surface area contributed by atoms with Gasteiger partial charge in [-0.2, -0.15) is 0 Å². The van der Waals surface area contributed by atoms with Gasteiger partial charge < -0.3 is 18.9 Å². The quantitative estimate of drug-likeness (QED) is 0.704. The van der Waals surface area contributed by atoms with Crippen LogP contribution in [0, 0.1) is 0 Å². The van der Waals surface area contributed by atoms with Crippen molar-refractivity contribution in [2.75, 3.05) is 13.2 Å². The van der Waals surface area contributed by atoms with E-state index in [9.17, 15) is 0 Å². The molecule has 0 bridgehead atoms. The van der Waals surface area contributed by atoms with Crippen LogP contribution < -0.4 is 0 Å². The van der Waals surface area contributed by atoms with Crippen molar-refractivity contribution in [1.82, 2.24) is 0 Å². The van der Waals surface area contributed by atoms with Crippen LogP contribution in [0.15, 0.2) is 36.9 Å². The largest absolute Gasteiger partial charge is 0.460 e. The molecule has 0 aliphatic carbocycles. The van der Waals surface area contributed by atoms with Crippen LogP contribution in [0.3, 0.4) is 0 Å². The van der Waals surface area contributed by atoms with E-state index in [0.717, 1.165) is 19.4 Å². The van der Waals surface area contributed by atoms with Gasteiger partial charge in [0.1, 0.15) is 19.1 Å². The second-order valence-corrected chi connectivity index (χ2v) is 4.36. The average molecular weight is 252 g/mol. The molecule has 18 heavy (non-hydrogen) atoms. The molecule has 1 atom stereocenters. The molecule has 1 fully saturated rings. The molecule has 1 saturated heterocycles. The highest BCUT2D eigenvalue weighted by atomic mass is 16.7. The highest BCUT2D eigenvalue weighted by molar-refractivity contribution is 5.05. The van der Waals surface area contributed by atoms with Crippen LogP contribution in [0.5, 0.6) is 0 Å². The van der Waals surface area contributed by atoms with Gasteiger partial charge in [0, 0.05) is 13.0 Å². The maximum absolute atomic E-state index is 5.71. The molecule has 4 heteroatoms. The molecular formula is C14H20O4. The molecule has 0 radical (unpaired) electrons. The lowest BCUT2D eigenvalue weighted by atomic mass is 10.1. The fourth-order valence-corrected chi connectivity index (χ4v) is 1.97. The summed E-state index contributed by atoms with van der Waals surface area (Å²) in [6.45, 7) is 5.01. The minimum atomic E-state index is 0.152. The topological polar surface area (TPSA) is 36.9 Å². The minimum Gasteiger partial charge on any atom is -0.460 e. The maximum Gasteiger partial charge on any atom is 0.325 e. The lowest BCUT2D eigenvalue weighted by Gasteiger charge is -2.20. The number of hydrogen-bond acceptors (Lipinski definition) is 4. The van der Waals surface area contributed by atoms with Crippen molar-refractivity contribution >= 4 is 0 Å². The smallest absolute Gasteiger partial charge is 0.325 e. The molecule has 0 amide bonds. The second-order valence-electron chi connectivity index (χ2n) is 4.36. The molecule has 0 spiro atoms. The zero-order valence-electron chi connectivity index (χ0n) is 10.6. The molecule has 0 saturated carbocycles. The third kappa shape index (κ3) is 3.81. The summed E-state index contributed by atoms with van der Waals surface area (Å²) in [6, 6.07) is 0. The maximum atomic E-state index is 5.71. The molecule has 0 aromatic carbocycles. The van der Waals surface area contributed by atoms with Crippen molar-refractivity contribution < 1.29 is 18.9 Å². The monoisotopic (exact) mass is 252 g/mol. The molecule has 0 N–H and O–H groups in total. The van der Waals surface area contributed by atoms with E-state index in [4.69, 9.17) is 18.9 Å². The van der Waals surface area contributed by atoms with Crippen molar-refractivity contribution in [2.45, 2.75) is 38.2 Å². The van der Waals surface area contributed by atoms with E-state index in [1.54, 1.807) is 6.08 Å². The average Bonchev–Trinajstić information content (AvgIpc) is 2.67. The summed E-state index contributed by atoms with van der Waals surface area (Å²) in [4.78, 5) is 0. The molecule has 2 aliphatic rings. The third-order valence-electron chi connectivity index (χ3n) is 2.92. The normalized spacial score (nSPS) is 23.9. The van der Waals surface area contributed by atoms with Gasteiger partial charge in [-0.05, 0) is 12.8 Å². The summed E-state index contributed by atoms with van der Waals surface area (Å²) >= 11 is 0. The summed E-state index contributed by atoms with van der Waals surface area (Å²) in [7, 11) is 0. The van der Waals surface area contributed by atoms with Crippen molar-refractivity contribution in [3.63, 3.8) is 0 Å². The Kier molecular flexibility index (Phi) is 5.15. The highest BCUT2D eigenvalue weighted by Gasteiger charge is 2.18. The molecule has 100 valence electrons. The fraction of sp³-hybridized carbons (Fsp3) is 0.571. The SMILES string of the molecule is C=CCC1=C(OCC2CCCCCO2)OC=CO1. The van der Waals surface area contributed by atoms with E-state index in [-0.39, 0.29) is 6.10 Å². The molecule has 4 nitrogen and oxygen atoms in total. The van der Waals surface area contributed by atoms with Crippen LogP contribution in [0.4, 0.5) is 0 Å². The second kappa shape index (κ2) is 7.11. The number of rotatable bonds is 5. The van der Waals surface area contributed by atoms with Gasteiger partial charge in [0.05, 0.1) is 6.10 Å². The van der Waals surface area contributed by atoms with Crippen LogP contribution in [0.1, 0.15) is 32.1 Å². The predicted octanol–water partition coefficient (Wildman–Crippen LogP) is 3.23. The Morgan fingerprint density at radius 3 is 3.06 bits per heavy atom. The number of hydrogen-bond donors (Lipinski definition) is 0. The zero-order chi connectivity index (χ0) is 12.6. The minimum absolute atomic E-state index is 0.152. The standard InChI is InChI=1S/C14H20O4/c1-2-6-13-14(17-10-9-16-13)18-11-12-7-4-3-5-8-15-12/h2,9-10,12H,1,3-8,11H2. The molecule has 0 aromatic rings. The van der Waals surface area contributed by atoms with Crippen LogP contribution in [-0.4, -0.2) is 19.3 Å². The Labute approximate surface area is 108 Å². The van der Waals surface area contributed by atoms with E-state index in [2.05, 4.69) is 6.58 Å². The lowest BCUT2D eigenvalue weighted by Crippen LogP contribution is -2.20. The Morgan fingerprint density at radius 1 is 1.28 bits per heavy atom. The van der Waals surface area contributed by atoms with Gasteiger partial charge in [0.25, 0.3) is 0 Å². The van der Waals surface area contributed by atoms with E-state index in [1.807, 2.05) is 0 Å². The van der Waals surface area contributed by atoms with E-state index in [0.29, 0.717) is 24.7 Å².